The molecule has 154 valence electrons. The summed E-state index contributed by atoms with van der Waals surface area (Å²) in [7, 11) is 0. The van der Waals surface area contributed by atoms with Gasteiger partial charge >= 0.3 is 0 Å². The number of unbranched alkanes of at least 4 members (excludes halogenated alkanes) is 1. The number of para-hydroxylation sites is 1. The third-order valence-corrected chi connectivity index (χ3v) is 4.31. The van der Waals surface area contributed by atoms with Crippen LogP contribution in [0.5, 0.6) is 5.75 Å². The van der Waals surface area contributed by atoms with Crippen molar-refractivity contribution in [2.45, 2.75) is 46.5 Å². The average Bonchev–Trinajstić information content (AvgIpc) is 2.70. The van der Waals surface area contributed by atoms with Crippen molar-refractivity contribution in [1.29, 1.82) is 0 Å². The number of hydrogen-bond donors (Lipinski definition) is 2. The van der Waals surface area contributed by atoms with Crippen molar-refractivity contribution in [3.05, 3.63) is 59.2 Å². The molecule has 0 radical (unpaired) electrons. The monoisotopic (exact) mass is 395 g/mol. The van der Waals surface area contributed by atoms with E-state index in [-0.39, 0.29) is 24.7 Å². The fraction of sp³-hybridized carbons (Fsp3) is 0.348. The van der Waals surface area contributed by atoms with E-state index in [0.29, 0.717) is 6.61 Å². The summed E-state index contributed by atoms with van der Waals surface area (Å²) in [6, 6.07) is 13.4. The van der Waals surface area contributed by atoms with Gasteiger partial charge in [-0.05, 0) is 49.6 Å². The molecule has 0 spiro atoms. The molecule has 29 heavy (non-hydrogen) atoms. The molecule has 0 aliphatic heterocycles. The molecule has 0 aliphatic carbocycles. The zero-order valence-corrected chi connectivity index (χ0v) is 17.3. The van der Waals surface area contributed by atoms with E-state index >= 15 is 0 Å². The van der Waals surface area contributed by atoms with Gasteiger partial charge < -0.3 is 10.1 Å². The number of aryl methyl sites for hydroxylation is 2. The first-order valence-electron chi connectivity index (χ1n) is 9.90. The highest BCUT2D eigenvalue weighted by molar-refractivity contribution is 5.94. The first-order chi connectivity index (χ1) is 14.0. The van der Waals surface area contributed by atoms with Crippen molar-refractivity contribution in [2.75, 3.05) is 11.9 Å². The Morgan fingerprint density at radius 3 is 2.62 bits per heavy atom. The molecule has 0 saturated heterocycles. The Bertz CT molecular complexity index is 862. The molecule has 0 saturated carbocycles. The van der Waals surface area contributed by atoms with Gasteiger partial charge in [-0.3, -0.25) is 9.59 Å². The van der Waals surface area contributed by atoms with Crippen LogP contribution in [-0.2, 0) is 9.59 Å². The molecular formula is C23H29N3O3. The molecular weight excluding hydrogens is 366 g/mol. The molecule has 6 nitrogen and oxygen atoms in total. The number of hydrazone groups is 1. The van der Waals surface area contributed by atoms with Gasteiger partial charge in [0.25, 0.3) is 0 Å². The molecule has 0 atom stereocenters. The van der Waals surface area contributed by atoms with Crippen LogP contribution in [0.4, 0.5) is 5.69 Å². The van der Waals surface area contributed by atoms with Crippen LogP contribution in [0, 0.1) is 13.8 Å². The van der Waals surface area contributed by atoms with Gasteiger partial charge in [0, 0.05) is 24.1 Å². The van der Waals surface area contributed by atoms with E-state index in [0.717, 1.165) is 41.0 Å². The lowest BCUT2D eigenvalue weighted by atomic mass is 10.1. The Morgan fingerprint density at radius 2 is 1.83 bits per heavy atom. The number of carbonyl (C=O) groups excluding carboxylic acids is 2. The first kappa shape index (κ1) is 22.1. The molecule has 2 rings (SSSR count). The molecule has 2 amide bonds. The van der Waals surface area contributed by atoms with Crippen LogP contribution >= 0.6 is 0 Å². The SMILES string of the molecule is CCCCOc1ccccc1C=NNC(=O)CCC(=O)Nc1cc(C)ccc1C. The lowest BCUT2D eigenvalue weighted by Crippen LogP contribution is -2.21. The summed E-state index contributed by atoms with van der Waals surface area (Å²) in [5, 5.41) is 6.83. The number of rotatable bonds is 10. The summed E-state index contributed by atoms with van der Waals surface area (Å²) < 4.78 is 5.73. The Labute approximate surface area is 172 Å². The van der Waals surface area contributed by atoms with E-state index in [2.05, 4.69) is 22.8 Å². The normalized spacial score (nSPS) is 10.7. The number of nitrogens with one attached hydrogen (secondary N) is 2. The quantitative estimate of drug-likeness (QED) is 0.356. The maximum atomic E-state index is 12.1. The fourth-order valence-corrected chi connectivity index (χ4v) is 2.59. The number of ether oxygens (including phenoxy) is 1. The largest absolute Gasteiger partial charge is 0.493 e. The summed E-state index contributed by atoms with van der Waals surface area (Å²) in [5.74, 6) is 0.209. The van der Waals surface area contributed by atoms with Crippen molar-refractivity contribution in [2.24, 2.45) is 5.10 Å². The highest BCUT2D eigenvalue weighted by Gasteiger charge is 2.08. The van der Waals surface area contributed by atoms with Gasteiger partial charge in [-0.15, -0.1) is 0 Å². The van der Waals surface area contributed by atoms with Gasteiger partial charge in [0.15, 0.2) is 0 Å². The Morgan fingerprint density at radius 1 is 1.07 bits per heavy atom. The second kappa shape index (κ2) is 11.6. The third kappa shape index (κ3) is 7.78. The Kier molecular flexibility index (Phi) is 8.89. The minimum atomic E-state index is -0.318. The van der Waals surface area contributed by atoms with Crippen LogP contribution in [0.2, 0.25) is 0 Å². The van der Waals surface area contributed by atoms with Crippen LogP contribution in [0.15, 0.2) is 47.6 Å². The number of hydrogen-bond acceptors (Lipinski definition) is 4. The van der Waals surface area contributed by atoms with Crippen molar-refractivity contribution in [3.8, 4) is 5.75 Å². The van der Waals surface area contributed by atoms with Crippen molar-refractivity contribution in [3.63, 3.8) is 0 Å². The van der Waals surface area contributed by atoms with Crippen LogP contribution in [0.3, 0.4) is 0 Å². The zero-order chi connectivity index (χ0) is 21.1. The maximum absolute atomic E-state index is 12.1. The van der Waals surface area contributed by atoms with Crippen LogP contribution in [0.1, 0.15) is 49.3 Å². The summed E-state index contributed by atoms with van der Waals surface area (Å²) in [6.45, 7) is 6.64. The molecule has 0 heterocycles. The Balaban J connectivity index is 1.79. The smallest absolute Gasteiger partial charge is 0.240 e. The summed E-state index contributed by atoms with van der Waals surface area (Å²) in [5.41, 5.74) is 6.07. The van der Waals surface area contributed by atoms with Crippen molar-refractivity contribution < 1.29 is 14.3 Å². The number of carbonyl (C=O) groups is 2. The lowest BCUT2D eigenvalue weighted by Gasteiger charge is -2.09. The minimum absolute atomic E-state index is 0.0582. The molecule has 6 heteroatoms. The van der Waals surface area contributed by atoms with Gasteiger partial charge in [0.05, 0.1) is 12.8 Å². The standard InChI is InChI=1S/C23H29N3O3/c1-4-5-14-29-21-9-7-6-8-19(21)16-24-26-23(28)13-12-22(27)25-20-15-17(2)10-11-18(20)3/h6-11,15-16H,4-5,12-14H2,1-3H3,(H,25,27)(H,26,28). The molecule has 0 fully saturated rings. The predicted octanol–water partition coefficient (Wildman–Crippen LogP) is 4.35. The number of amides is 2. The highest BCUT2D eigenvalue weighted by Crippen LogP contribution is 2.17. The second-order valence-electron chi connectivity index (χ2n) is 6.90. The van der Waals surface area contributed by atoms with Gasteiger partial charge in [-0.25, -0.2) is 5.43 Å². The molecule has 2 aromatic rings. The third-order valence-electron chi connectivity index (χ3n) is 4.31. The highest BCUT2D eigenvalue weighted by atomic mass is 16.5. The zero-order valence-electron chi connectivity index (χ0n) is 17.3. The van der Waals surface area contributed by atoms with Gasteiger partial charge in [-0.1, -0.05) is 37.6 Å². The van der Waals surface area contributed by atoms with Crippen LogP contribution < -0.4 is 15.5 Å². The van der Waals surface area contributed by atoms with E-state index in [1.807, 2.05) is 56.3 Å². The van der Waals surface area contributed by atoms with Gasteiger partial charge in [0.1, 0.15) is 5.75 Å². The maximum Gasteiger partial charge on any atom is 0.240 e. The minimum Gasteiger partial charge on any atom is -0.493 e. The average molecular weight is 396 g/mol. The van der Waals surface area contributed by atoms with Crippen molar-refractivity contribution >= 4 is 23.7 Å². The second-order valence-corrected chi connectivity index (χ2v) is 6.90. The number of anilines is 1. The van der Waals surface area contributed by atoms with E-state index < -0.39 is 0 Å². The fourth-order valence-electron chi connectivity index (χ4n) is 2.59. The van der Waals surface area contributed by atoms with Crippen LogP contribution in [0.25, 0.3) is 0 Å². The van der Waals surface area contributed by atoms with Gasteiger partial charge in [-0.2, -0.15) is 5.10 Å². The first-order valence-corrected chi connectivity index (χ1v) is 9.90. The molecule has 2 aromatic carbocycles. The molecule has 0 aromatic heterocycles. The molecule has 2 N–H and O–H groups in total. The molecule has 0 aliphatic rings. The van der Waals surface area contributed by atoms with E-state index in [1.54, 1.807) is 6.21 Å². The number of nitrogens with zero attached hydrogens (tertiary/aromatic N) is 1. The summed E-state index contributed by atoms with van der Waals surface area (Å²) in [4.78, 5) is 24.1. The van der Waals surface area contributed by atoms with E-state index in [1.165, 1.54) is 0 Å². The van der Waals surface area contributed by atoms with E-state index in [4.69, 9.17) is 4.74 Å². The topological polar surface area (TPSA) is 79.8 Å². The molecule has 0 unspecified atom stereocenters. The summed E-state index contributed by atoms with van der Waals surface area (Å²) >= 11 is 0. The Hall–Kier alpha value is -3.15. The van der Waals surface area contributed by atoms with Crippen LogP contribution in [-0.4, -0.2) is 24.6 Å². The molecule has 0 bridgehead atoms. The lowest BCUT2D eigenvalue weighted by molar-refractivity contribution is -0.124. The summed E-state index contributed by atoms with van der Waals surface area (Å²) in [6.07, 6.45) is 3.74. The van der Waals surface area contributed by atoms with Crippen molar-refractivity contribution in [1.82, 2.24) is 5.43 Å². The predicted molar refractivity (Wildman–Crippen MR) is 116 cm³/mol. The van der Waals surface area contributed by atoms with Gasteiger partial charge in [0.2, 0.25) is 11.8 Å². The number of benzene rings is 2. The van der Waals surface area contributed by atoms with E-state index in [9.17, 15) is 9.59 Å².